The molecule has 1 saturated heterocycles. The van der Waals surface area contributed by atoms with Gasteiger partial charge in [-0.15, -0.1) is 0 Å². The lowest BCUT2D eigenvalue weighted by atomic mass is 9.91. The number of piperidine rings is 1. The van der Waals surface area contributed by atoms with Crippen molar-refractivity contribution < 1.29 is 4.42 Å². The molecule has 0 radical (unpaired) electrons. The molecule has 2 aromatic heterocycles. The summed E-state index contributed by atoms with van der Waals surface area (Å²) in [5.74, 6) is 2.28. The van der Waals surface area contributed by atoms with Crippen LogP contribution in [0.4, 0.5) is 0 Å². The molecule has 0 aromatic carbocycles. The predicted octanol–water partition coefficient (Wildman–Crippen LogP) is 2.85. The summed E-state index contributed by atoms with van der Waals surface area (Å²) in [4.78, 5) is 9.69. The molecule has 18 heavy (non-hydrogen) atoms. The van der Waals surface area contributed by atoms with Crippen LogP contribution in [-0.4, -0.2) is 28.5 Å². The highest BCUT2D eigenvalue weighted by Gasteiger charge is 2.26. The molecular formula is C14H17N3O. The number of nitrogens with one attached hydrogen (secondary N) is 1. The lowest BCUT2D eigenvalue weighted by Gasteiger charge is -2.33. The van der Waals surface area contributed by atoms with Gasteiger partial charge in [-0.2, -0.15) is 0 Å². The van der Waals surface area contributed by atoms with Crippen molar-refractivity contribution in [3.05, 3.63) is 48.1 Å². The van der Waals surface area contributed by atoms with E-state index in [1.165, 1.54) is 12.1 Å². The number of imidazole rings is 1. The maximum atomic E-state index is 5.57. The Morgan fingerprint density at radius 2 is 2.50 bits per heavy atom. The van der Waals surface area contributed by atoms with Gasteiger partial charge in [0.15, 0.2) is 0 Å². The number of rotatable bonds is 2. The zero-order chi connectivity index (χ0) is 12.4. The Balaban J connectivity index is 1.96. The molecule has 0 saturated carbocycles. The van der Waals surface area contributed by atoms with E-state index in [0.717, 1.165) is 24.6 Å². The summed E-state index contributed by atoms with van der Waals surface area (Å²) < 4.78 is 5.57. The molecule has 1 aliphatic rings. The predicted molar refractivity (Wildman–Crippen MR) is 69.9 cm³/mol. The van der Waals surface area contributed by atoms with E-state index in [9.17, 15) is 0 Å². The molecule has 3 heterocycles. The van der Waals surface area contributed by atoms with Crippen LogP contribution >= 0.6 is 0 Å². The minimum atomic E-state index is 0.337. The van der Waals surface area contributed by atoms with E-state index in [4.69, 9.17) is 4.42 Å². The summed E-state index contributed by atoms with van der Waals surface area (Å²) in [7, 11) is 2.13. The van der Waals surface area contributed by atoms with E-state index in [1.54, 1.807) is 12.5 Å². The van der Waals surface area contributed by atoms with Gasteiger partial charge in [-0.3, -0.25) is 0 Å². The second-order valence-electron chi connectivity index (χ2n) is 4.68. The van der Waals surface area contributed by atoms with Crippen LogP contribution in [0, 0.1) is 0 Å². The number of likely N-dealkylation sites (tertiary alicyclic amines) is 1. The number of H-pyrrole nitrogens is 1. The molecule has 94 valence electrons. The lowest BCUT2D eigenvalue weighted by molar-refractivity contribution is 0.302. The molecule has 0 bridgehead atoms. The molecule has 1 aliphatic heterocycles. The number of aromatic amines is 1. The van der Waals surface area contributed by atoms with Gasteiger partial charge in [-0.1, -0.05) is 0 Å². The summed E-state index contributed by atoms with van der Waals surface area (Å²) >= 11 is 0. The van der Waals surface area contributed by atoms with Crippen LogP contribution in [0.5, 0.6) is 0 Å². The highest BCUT2D eigenvalue weighted by molar-refractivity contribution is 5.48. The maximum Gasteiger partial charge on any atom is 0.131 e. The van der Waals surface area contributed by atoms with Gasteiger partial charge in [0.2, 0.25) is 0 Å². The van der Waals surface area contributed by atoms with Crippen molar-refractivity contribution in [1.29, 1.82) is 0 Å². The average Bonchev–Trinajstić information content (AvgIpc) is 3.04. The largest absolute Gasteiger partial charge is 0.469 e. The van der Waals surface area contributed by atoms with Gasteiger partial charge >= 0.3 is 0 Å². The number of furan rings is 1. The molecule has 4 heteroatoms. The first-order valence-corrected chi connectivity index (χ1v) is 6.30. The third-order valence-corrected chi connectivity index (χ3v) is 3.47. The first-order chi connectivity index (χ1) is 8.84. The fourth-order valence-electron chi connectivity index (χ4n) is 2.56. The first kappa shape index (κ1) is 11.1. The Morgan fingerprint density at radius 3 is 3.22 bits per heavy atom. The van der Waals surface area contributed by atoms with Crippen molar-refractivity contribution in [3.8, 4) is 0 Å². The Bertz CT molecular complexity index is 513. The van der Waals surface area contributed by atoms with Crippen LogP contribution in [0.2, 0.25) is 0 Å². The van der Waals surface area contributed by atoms with E-state index >= 15 is 0 Å². The summed E-state index contributed by atoms with van der Waals surface area (Å²) in [5, 5.41) is 0. The van der Waals surface area contributed by atoms with Crippen LogP contribution in [0.3, 0.4) is 0 Å². The number of aromatic nitrogens is 2. The normalized spacial score (nSPS) is 22.6. The Labute approximate surface area is 106 Å². The summed E-state index contributed by atoms with van der Waals surface area (Å²) in [6.07, 6.45) is 9.80. The van der Waals surface area contributed by atoms with Gasteiger partial charge in [0.05, 0.1) is 12.2 Å². The van der Waals surface area contributed by atoms with Gasteiger partial charge in [-0.05, 0) is 25.0 Å². The van der Waals surface area contributed by atoms with Crippen LogP contribution < -0.4 is 0 Å². The maximum absolute atomic E-state index is 5.57. The van der Waals surface area contributed by atoms with E-state index in [-0.39, 0.29) is 0 Å². The quantitative estimate of drug-likeness (QED) is 0.882. The Kier molecular flexibility index (Phi) is 2.92. The van der Waals surface area contributed by atoms with Gasteiger partial charge in [0, 0.05) is 37.8 Å². The van der Waals surface area contributed by atoms with Crippen LogP contribution in [0.25, 0.3) is 6.08 Å². The highest BCUT2D eigenvalue weighted by Crippen LogP contribution is 2.35. The second-order valence-corrected chi connectivity index (χ2v) is 4.68. The molecular weight excluding hydrogens is 226 g/mol. The molecule has 1 fully saturated rings. The van der Waals surface area contributed by atoms with Crippen molar-refractivity contribution in [2.75, 3.05) is 13.6 Å². The molecule has 3 rings (SSSR count). The zero-order valence-electron chi connectivity index (χ0n) is 10.5. The number of hydrogen-bond donors (Lipinski definition) is 1. The number of nitrogens with zero attached hydrogens (tertiary/aromatic N) is 2. The Hall–Kier alpha value is -1.97. The second kappa shape index (κ2) is 4.72. The molecule has 4 nitrogen and oxygen atoms in total. The SMILES string of the molecule is CN1CCCC(c2ccco2)C1=Cc1ncc[nH]1. The summed E-state index contributed by atoms with van der Waals surface area (Å²) in [6.45, 7) is 1.09. The third-order valence-electron chi connectivity index (χ3n) is 3.47. The van der Waals surface area contributed by atoms with Gasteiger partial charge in [0.25, 0.3) is 0 Å². The van der Waals surface area contributed by atoms with E-state index < -0.39 is 0 Å². The van der Waals surface area contributed by atoms with Gasteiger partial charge in [-0.25, -0.2) is 4.98 Å². The monoisotopic (exact) mass is 243 g/mol. The standard InChI is InChI=1S/C14H17N3O/c1-17-8-2-4-11(13-5-3-9-18-13)12(17)10-14-15-6-7-16-14/h3,5-7,9-11H,2,4,8H2,1H3,(H,15,16). The topological polar surface area (TPSA) is 45.1 Å². The summed E-state index contributed by atoms with van der Waals surface area (Å²) in [5.41, 5.74) is 1.27. The third kappa shape index (κ3) is 2.06. The molecule has 1 unspecified atom stereocenters. The van der Waals surface area contributed by atoms with Gasteiger partial charge in [0.1, 0.15) is 11.6 Å². The van der Waals surface area contributed by atoms with Crippen LogP contribution in [0.15, 0.2) is 40.9 Å². The highest BCUT2D eigenvalue weighted by atomic mass is 16.3. The van der Waals surface area contributed by atoms with Crippen molar-refractivity contribution in [1.82, 2.24) is 14.9 Å². The van der Waals surface area contributed by atoms with Crippen molar-refractivity contribution in [2.45, 2.75) is 18.8 Å². The van der Waals surface area contributed by atoms with Crippen molar-refractivity contribution in [3.63, 3.8) is 0 Å². The minimum absolute atomic E-state index is 0.337. The molecule has 2 aromatic rings. The smallest absolute Gasteiger partial charge is 0.131 e. The van der Waals surface area contributed by atoms with E-state index in [0.29, 0.717) is 5.92 Å². The minimum Gasteiger partial charge on any atom is -0.469 e. The fraction of sp³-hybridized carbons (Fsp3) is 0.357. The molecule has 0 amide bonds. The van der Waals surface area contributed by atoms with E-state index in [2.05, 4.69) is 34.1 Å². The lowest BCUT2D eigenvalue weighted by Crippen LogP contribution is -2.28. The molecule has 0 aliphatic carbocycles. The fourth-order valence-corrected chi connectivity index (χ4v) is 2.56. The number of likely N-dealkylation sites (N-methyl/N-ethyl adjacent to an activating group) is 1. The van der Waals surface area contributed by atoms with Crippen LogP contribution in [0.1, 0.15) is 30.3 Å². The van der Waals surface area contributed by atoms with Gasteiger partial charge < -0.3 is 14.3 Å². The van der Waals surface area contributed by atoms with E-state index in [1.807, 2.05) is 12.3 Å². The van der Waals surface area contributed by atoms with Crippen molar-refractivity contribution in [2.24, 2.45) is 0 Å². The Morgan fingerprint density at radius 1 is 1.56 bits per heavy atom. The number of allylic oxidation sites excluding steroid dienone is 1. The first-order valence-electron chi connectivity index (χ1n) is 6.30. The summed E-state index contributed by atoms with van der Waals surface area (Å²) in [6, 6.07) is 4.01. The number of hydrogen-bond acceptors (Lipinski definition) is 3. The van der Waals surface area contributed by atoms with Crippen molar-refractivity contribution >= 4 is 6.08 Å². The molecule has 0 spiro atoms. The zero-order valence-corrected chi connectivity index (χ0v) is 10.5. The molecule has 1 N–H and O–H groups in total. The average molecular weight is 243 g/mol. The van der Waals surface area contributed by atoms with Crippen LogP contribution in [-0.2, 0) is 0 Å². The molecule has 1 atom stereocenters.